The molecule has 0 bridgehead atoms. The molecule has 4 heteroatoms. The van der Waals surface area contributed by atoms with Crippen LogP contribution in [0, 0.1) is 5.82 Å². The number of benzene rings is 1. The molecule has 0 saturated heterocycles. The first-order chi connectivity index (χ1) is 5.66. The molecule has 0 spiro atoms. The summed E-state index contributed by atoms with van der Waals surface area (Å²) in [4.78, 5) is 0. The van der Waals surface area contributed by atoms with E-state index in [4.69, 9.17) is 5.73 Å². The first-order valence-electron chi connectivity index (χ1n) is 3.42. The van der Waals surface area contributed by atoms with Crippen molar-refractivity contribution in [2.24, 2.45) is 5.73 Å². The van der Waals surface area contributed by atoms with Crippen molar-refractivity contribution in [2.75, 3.05) is 0 Å². The van der Waals surface area contributed by atoms with Crippen LogP contribution >= 0.6 is 0 Å². The topological polar surface area (TPSA) is 26.0 Å². The predicted molar refractivity (Wildman–Crippen MR) is 39.2 cm³/mol. The normalized spacial score (nSPS) is 10.8. The van der Waals surface area contributed by atoms with Crippen LogP contribution in [0.5, 0.6) is 0 Å². The first-order valence-corrected chi connectivity index (χ1v) is 3.42. The van der Waals surface area contributed by atoms with Gasteiger partial charge in [0, 0.05) is 12.1 Å². The lowest BCUT2D eigenvalue weighted by molar-refractivity contribution is 0.146. The molecule has 0 atom stereocenters. The summed E-state index contributed by atoms with van der Waals surface area (Å²) < 4.78 is 37.1. The highest BCUT2D eigenvalue weighted by Crippen LogP contribution is 2.23. The molecule has 1 aromatic carbocycles. The van der Waals surface area contributed by atoms with Gasteiger partial charge in [-0.3, -0.25) is 0 Å². The van der Waals surface area contributed by atoms with Crippen LogP contribution in [0.15, 0.2) is 18.2 Å². The van der Waals surface area contributed by atoms with E-state index in [2.05, 4.69) is 0 Å². The van der Waals surface area contributed by atoms with Crippen molar-refractivity contribution < 1.29 is 13.2 Å². The molecule has 12 heavy (non-hydrogen) atoms. The minimum Gasteiger partial charge on any atom is -0.326 e. The molecule has 0 saturated carbocycles. The third kappa shape index (κ3) is 1.58. The number of hydrogen-bond donors (Lipinski definition) is 1. The van der Waals surface area contributed by atoms with Gasteiger partial charge in [0.1, 0.15) is 5.82 Å². The summed E-state index contributed by atoms with van der Waals surface area (Å²) in [5.74, 6) is -0.894. The van der Waals surface area contributed by atoms with Crippen LogP contribution in [0.1, 0.15) is 17.6 Å². The molecule has 1 aromatic rings. The molecule has 0 aliphatic heterocycles. The van der Waals surface area contributed by atoms with Crippen molar-refractivity contribution in [2.45, 2.75) is 13.0 Å². The van der Waals surface area contributed by atoms with Crippen molar-refractivity contribution in [1.82, 2.24) is 0 Å². The average molecular weight is 175 g/mol. The van der Waals surface area contributed by atoms with Crippen LogP contribution in [0.2, 0.25) is 0 Å². The molecule has 2 N–H and O–H groups in total. The zero-order valence-electron chi connectivity index (χ0n) is 6.23. The predicted octanol–water partition coefficient (Wildman–Crippen LogP) is 2.22. The van der Waals surface area contributed by atoms with E-state index < -0.39 is 17.8 Å². The van der Waals surface area contributed by atoms with Gasteiger partial charge < -0.3 is 5.73 Å². The van der Waals surface area contributed by atoms with Gasteiger partial charge in [-0.1, -0.05) is 18.2 Å². The number of hydrogen-bond acceptors (Lipinski definition) is 1. The second-order valence-corrected chi connectivity index (χ2v) is 2.33. The number of rotatable bonds is 2. The maximum Gasteiger partial charge on any atom is 0.266 e. The van der Waals surface area contributed by atoms with Gasteiger partial charge in [0.05, 0.1) is 5.56 Å². The van der Waals surface area contributed by atoms with Crippen LogP contribution < -0.4 is 5.73 Å². The minimum atomic E-state index is -2.78. The van der Waals surface area contributed by atoms with E-state index in [1.165, 1.54) is 12.1 Å². The van der Waals surface area contributed by atoms with E-state index in [0.29, 0.717) is 0 Å². The summed E-state index contributed by atoms with van der Waals surface area (Å²) in [7, 11) is 0. The van der Waals surface area contributed by atoms with E-state index >= 15 is 0 Å². The molecule has 0 heterocycles. The van der Waals surface area contributed by atoms with Crippen molar-refractivity contribution in [3.63, 3.8) is 0 Å². The van der Waals surface area contributed by atoms with Gasteiger partial charge in [0.15, 0.2) is 0 Å². The lowest BCUT2D eigenvalue weighted by Crippen LogP contribution is -2.02. The van der Waals surface area contributed by atoms with Gasteiger partial charge >= 0.3 is 0 Å². The molecule has 0 radical (unpaired) electrons. The molecule has 1 nitrogen and oxygen atoms in total. The summed E-state index contributed by atoms with van der Waals surface area (Å²) in [5, 5.41) is 0. The molecule has 0 unspecified atom stereocenters. The van der Waals surface area contributed by atoms with Gasteiger partial charge in [-0.05, 0) is 0 Å². The Balaban J connectivity index is 3.14. The Kier molecular flexibility index (Phi) is 2.70. The second kappa shape index (κ2) is 3.58. The molecule has 0 aliphatic carbocycles. The highest BCUT2D eigenvalue weighted by molar-refractivity contribution is 5.26. The van der Waals surface area contributed by atoms with E-state index in [1.54, 1.807) is 0 Å². The standard InChI is InChI=1S/C8H8F3N/c9-7-5(4-12)2-1-3-6(7)8(10)11/h1-3,8H,4,12H2. The Hall–Kier alpha value is -1.03. The third-order valence-electron chi connectivity index (χ3n) is 1.56. The van der Waals surface area contributed by atoms with E-state index in [0.717, 1.165) is 6.07 Å². The van der Waals surface area contributed by atoms with Crippen molar-refractivity contribution >= 4 is 0 Å². The number of nitrogens with two attached hydrogens (primary N) is 1. The quantitative estimate of drug-likeness (QED) is 0.732. The first kappa shape index (κ1) is 9.06. The Morgan fingerprint density at radius 1 is 1.33 bits per heavy atom. The molecule has 0 aliphatic rings. The van der Waals surface area contributed by atoms with Crippen molar-refractivity contribution in [3.05, 3.63) is 35.1 Å². The van der Waals surface area contributed by atoms with Crippen LogP contribution in [-0.4, -0.2) is 0 Å². The van der Waals surface area contributed by atoms with Crippen LogP contribution in [0.4, 0.5) is 13.2 Å². The summed E-state index contributed by atoms with van der Waals surface area (Å²) in [5.41, 5.74) is 4.67. The molecular formula is C8H8F3N. The lowest BCUT2D eigenvalue weighted by Gasteiger charge is -2.04. The summed E-state index contributed by atoms with van der Waals surface area (Å²) >= 11 is 0. The van der Waals surface area contributed by atoms with E-state index in [9.17, 15) is 13.2 Å². The zero-order chi connectivity index (χ0) is 9.14. The maximum atomic E-state index is 13.0. The average Bonchev–Trinajstić information content (AvgIpc) is 2.04. The molecule has 0 fully saturated rings. The highest BCUT2D eigenvalue weighted by Gasteiger charge is 2.14. The number of halogens is 3. The fraction of sp³-hybridized carbons (Fsp3) is 0.250. The van der Waals surface area contributed by atoms with E-state index in [-0.39, 0.29) is 12.1 Å². The molecular weight excluding hydrogens is 167 g/mol. The fourth-order valence-electron chi connectivity index (χ4n) is 0.926. The van der Waals surface area contributed by atoms with Crippen LogP contribution in [0.3, 0.4) is 0 Å². The van der Waals surface area contributed by atoms with Crippen molar-refractivity contribution in [1.29, 1.82) is 0 Å². The summed E-state index contributed by atoms with van der Waals surface area (Å²) in [6.45, 7) is -0.0631. The van der Waals surface area contributed by atoms with Crippen LogP contribution in [0.25, 0.3) is 0 Å². The van der Waals surface area contributed by atoms with Crippen molar-refractivity contribution in [3.8, 4) is 0 Å². The monoisotopic (exact) mass is 175 g/mol. The number of alkyl halides is 2. The largest absolute Gasteiger partial charge is 0.326 e. The van der Waals surface area contributed by atoms with Gasteiger partial charge in [-0.25, -0.2) is 13.2 Å². The van der Waals surface area contributed by atoms with Gasteiger partial charge in [0.2, 0.25) is 0 Å². The second-order valence-electron chi connectivity index (χ2n) is 2.33. The van der Waals surface area contributed by atoms with Gasteiger partial charge in [-0.2, -0.15) is 0 Å². The minimum absolute atomic E-state index is 0.0631. The highest BCUT2D eigenvalue weighted by atomic mass is 19.3. The van der Waals surface area contributed by atoms with Crippen LogP contribution in [-0.2, 0) is 6.54 Å². The Morgan fingerprint density at radius 3 is 2.50 bits per heavy atom. The Bertz CT molecular complexity index is 273. The Morgan fingerprint density at radius 2 is 2.00 bits per heavy atom. The molecule has 66 valence electrons. The smallest absolute Gasteiger partial charge is 0.266 e. The molecule has 0 aromatic heterocycles. The Labute approximate surface area is 68.0 Å². The third-order valence-corrected chi connectivity index (χ3v) is 1.56. The fourth-order valence-corrected chi connectivity index (χ4v) is 0.926. The summed E-state index contributed by atoms with van der Waals surface area (Å²) in [6, 6.07) is 3.81. The molecule has 0 amide bonds. The zero-order valence-corrected chi connectivity index (χ0v) is 6.23. The maximum absolute atomic E-state index is 13.0. The molecule has 1 rings (SSSR count). The SMILES string of the molecule is NCc1cccc(C(F)F)c1F. The lowest BCUT2D eigenvalue weighted by atomic mass is 10.1. The van der Waals surface area contributed by atoms with E-state index in [1.807, 2.05) is 0 Å². The van der Waals surface area contributed by atoms with Gasteiger partial charge in [0.25, 0.3) is 6.43 Å². The summed E-state index contributed by atoms with van der Waals surface area (Å²) in [6.07, 6.45) is -2.78. The van der Waals surface area contributed by atoms with Gasteiger partial charge in [-0.15, -0.1) is 0 Å².